The predicted octanol–water partition coefficient (Wildman–Crippen LogP) is 4.37. The molecule has 2 atom stereocenters. The first-order chi connectivity index (χ1) is 13.6. The average Bonchev–Trinajstić information content (AvgIpc) is 2.71. The van der Waals surface area contributed by atoms with E-state index < -0.39 is 0 Å². The quantitative estimate of drug-likeness (QED) is 0.777. The SMILES string of the molecule is COc1cc2c(cc1C[C@@H]1CCCN(N)[C@@H]1c1ccccc1)N(C)C(=O)SC2. The molecule has 1 amide bonds. The molecule has 6 heteroatoms. The summed E-state index contributed by atoms with van der Waals surface area (Å²) < 4.78 is 5.73. The summed E-state index contributed by atoms with van der Waals surface area (Å²) in [7, 11) is 3.57. The van der Waals surface area contributed by atoms with Crippen LogP contribution < -0.4 is 15.5 Å². The number of fused-ring (bicyclic) bond motifs is 1. The summed E-state index contributed by atoms with van der Waals surface area (Å²) in [4.78, 5) is 13.9. The van der Waals surface area contributed by atoms with Gasteiger partial charge in [0.05, 0.1) is 13.2 Å². The molecule has 2 aromatic rings. The molecule has 1 fully saturated rings. The van der Waals surface area contributed by atoms with Crippen LogP contribution in [-0.4, -0.2) is 31.0 Å². The van der Waals surface area contributed by atoms with Gasteiger partial charge in [-0.1, -0.05) is 42.1 Å². The highest BCUT2D eigenvalue weighted by molar-refractivity contribution is 8.13. The minimum Gasteiger partial charge on any atom is -0.496 e. The van der Waals surface area contributed by atoms with Crippen LogP contribution in [-0.2, 0) is 12.2 Å². The number of thioether (sulfide) groups is 1. The Bertz CT molecular complexity index is 858. The van der Waals surface area contributed by atoms with Crippen LogP contribution in [0, 0.1) is 5.92 Å². The summed E-state index contributed by atoms with van der Waals surface area (Å²) >= 11 is 1.34. The number of ether oxygens (including phenoxy) is 1. The summed E-state index contributed by atoms with van der Waals surface area (Å²) in [5, 5.41) is 2.08. The van der Waals surface area contributed by atoms with E-state index in [-0.39, 0.29) is 11.3 Å². The van der Waals surface area contributed by atoms with Crippen LogP contribution >= 0.6 is 11.8 Å². The van der Waals surface area contributed by atoms with E-state index in [9.17, 15) is 4.79 Å². The van der Waals surface area contributed by atoms with Crippen molar-refractivity contribution in [3.8, 4) is 5.75 Å². The molecule has 0 spiro atoms. The molecule has 2 heterocycles. The fourth-order valence-corrected chi connectivity index (χ4v) is 5.28. The Kier molecular flexibility index (Phi) is 5.62. The lowest BCUT2D eigenvalue weighted by atomic mass is 9.81. The van der Waals surface area contributed by atoms with Crippen molar-refractivity contribution in [2.75, 3.05) is 25.6 Å². The highest BCUT2D eigenvalue weighted by Gasteiger charge is 2.32. The second-order valence-corrected chi connectivity index (χ2v) is 8.53. The average molecular weight is 398 g/mol. The standard InChI is InChI=1S/C22H27N3O2S/c1-24-19-12-17(20(27-2)13-18(19)14-28-22(24)26)11-16-9-6-10-25(23)21(16)15-7-4-3-5-8-15/h3-5,7-8,12-13,16,21H,6,9-11,14,23H2,1-2H3/t16-,21+/m0/s1. The maximum atomic E-state index is 12.1. The zero-order valence-corrected chi connectivity index (χ0v) is 17.2. The second kappa shape index (κ2) is 8.15. The third-order valence-corrected chi connectivity index (χ3v) is 6.86. The van der Waals surface area contributed by atoms with Gasteiger partial charge in [-0.2, -0.15) is 0 Å². The van der Waals surface area contributed by atoms with Gasteiger partial charge in [0.15, 0.2) is 0 Å². The minimum absolute atomic E-state index is 0.0941. The topological polar surface area (TPSA) is 58.8 Å². The number of hydrogen-bond acceptors (Lipinski definition) is 5. The molecule has 0 aromatic heterocycles. The summed E-state index contributed by atoms with van der Waals surface area (Å²) in [5.41, 5.74) is 4.55. The van der Waals surface area contributed by atoms with Gasteiger partial charge in [-0.25, -0.2) is 5.01 Å². The molecule has 28 heavy (non-hydrogen) atoms. The van der Waals surface area contributed by atoms with Gasteiger partial charge in [0.25, 0.3) is 5.24 Å². The summed E-state index contributed by atoms with van der Waals surface area (Å²) in [5.74, 6) is 8.42. The number of hydrazine groups is 1. The maximum absolute atomic E-state index is 12.1. The maximum Gasteiger partial charge on any atom is 0.286 e. The highest BCUT2D eigenvalue weighted by atomic mass is 32.2. The molecule has 0 bridgehead atoms. The van der Waals surface area contributed by atoms with Crippen LogP contribution in [0.3, 0.4) is 0 Å². The fourth-order valence-electron chi connectivity index (χ4n) is 4.48. The number of nitrogens with two attached hydrogens (primary N) is 1. The number of piperidine rings is 1. The lowest BCUT2D eigenvalue weighted by molar-refractivity contribution is 0.0923. The Balaban J connectivity index is 1.68. The van der Waals surface area contributed by atoms with Crippen LogP contribution in [0.1, 0.15) is 35.6 Å². The van der Waals surface area contributed by atoms with Gasteiger partial charge in [-0.05, 0) is 54.0 Å². The van der Waals surface area contributed by atoms with Crippen molar-refractivity contribution in [2.24, 2.45) is 11.8 Å². The summed E-state index contributed by atoms with van der Waals surface area (Å²) in [6.45, 7) is 0.909. The summed E-state index contributed by atoms with van der Waals surface area (Å²) in [6.07, 6.45) is 3.09. The molecule has 2 N–H and O–H groups in total. The van der Waals surface area contributed by atoms with Crippen LogP contribution in [0.15, 0.2) is 42.5 Å². The molecule has 2 aliphatic heterocycles. The first-order valence-corrected chi connectivity index (χ1v) is 10.7. The molecule has 0 aliphatic carbocycles. The number of carbonyl (C=O) groups excluding carboxylic acids is 1. The molecule has 2 aliphatic rings. The molecule has 4 rings (SSSR count). The molecular formula is C22H27N3O2S. The van der Waals surface area contributed by atoms with Crippen molar-refractivity contribution < 1.29 is 9.53 Å². The Hall–Kier alpha value is -2.02. The van der Waals surface area contributed by atoms with E-state index in [1.165, 1.54) is 17.3 Å². The molecule has 2 aromatic carbocycles. The molecule has 0 saturated carbocycles. The number of hydrogen-bond donors (Lipinski definition) is 1. The van der Waals surface area contributed by atoms with Gasteiger partial charge in [-0.3, -0.25) is 10.6 Å². The molecular weight excluding hydrogens is 370 g/mol. The number of amides is 1. The summed E-state index contributed by atoms with van der Waals surface area (Å²) in [6, 6.07) is 14.9. The Morgan fingerprint density at radius 1 is 1.25 bits per heavy atom. The second-order valence-electron chi connectivity index (χ2n) is 7.61. The van der Waals surface area contributed by atoms with Gasteiger partial charge in [0.2, 0.25) is 0 Å². The normalized spacial score (nSPS) is 22.8. The Labute approximate surface area is 170 Å². The van der Waals surface area contributed by atoms with E-state index in [4.69, 9.17) is 10.6 Å². The van der Waals surface area contributed by atoms with E-state index >= 15 is 0 Å². The third kappa shape index (κ3) is 3.64. The number of anilines is 1. The fraction of sp³-hybridized carbons (Fsp3) is 0.409. The van der Waals surface area contributed by atoms with E-state index in [0.717, 1.165) is 48.4 Å². The van der Waals surface area contributed by atoms with Gasteiger partial charge < -0.3 is 9.64 Å². The Morgan fingerprint density at radius 2 is 2.04 bits per heavy atom. The van der Waals surface area contributed by atoms with E-state index in [0.29, 0.717) is 11.7 Å². The van der Waals surface area contributed by atoms with Crippen LogP contribution in [0.4, 0.5) is 10.5 Å². The largest absolute Gasteiger partial charge is 0.496 e. The number of carbonyl (C=O) groups is 1. The number of methoxy groups -OCH3 is 1. The van der Waals surface area contributed by atoms with Crippen molar-refractivity contribution in [3.63, 3.8) is 0 Å². The monoisotopic (exact) mass is 397 g/mol. The number of nitrogens with zero attached hydrogens (tertiary/aromatic N) is 2. The van der Waals surface area contributed by atoms with E-state index in [2.05, 4.69) is 36.4 Å². The molecule has 148 valence electrons. The molecule has 5 nitrogen and oxygen atoms in total. The minimum atomic E-state index is 0.0941. The molecule has 1 saturated heterocycles. The number of rotatable bonds is 4. The highest BCUT2D eigenvalue weighted by Crippen LogP contribution is 2.41. The number of benzene rings is 2. The lowest BCUT2D eigenvalue weighted by Crippen LogP contribution is -2.44. The van der Waals surface area contributed by atoms with Gasteiger partial charge in [0, 0.05) is 25.0 Å². The lowest BCUT2D eigenvalue weighted by Gasteiger charge is -2.39. The zero-order valence-electron chi connectivity index (χ0n) is 16.4. The van der Waals surface area contributed by atoms with Crippen molar-refractivity contribution in [1.82, 2.24) is 5.01 Å². The Morgan fingerprint density at radius 3 is 2.79 bits per heavy atom. The molecule has 0 radical (unpaired) electrons. The first-order valence-electron chi connectivity index (χ1n) is 9.75. The first kappa shape index (κ1) is 19.3. The van der Waals surface area contributed by atoms with Gasteiger partial charge >= 0.3 is 0 Å². The van der Waals surface area contributed by atoms with Gasteiger partial charge in [0.1, 0.15) is 5.75 Å². The van der Waals surface area contributed by atoms with Crippen molar-refractivity contribution in [1.29, 1.82) is 0 Å². The zero-order chi connectivity index (χ0) is 19.7. The molecule has 0 unspecified atom stereocenters. The smallest absolute Gasteiger partial charge is 0.286 e. The van der Waals surface area contributed by atoms with Crippen molar-refractivity contribution >= 4 is 22.7 Å². The van der Waals surface area contributed by atoms with E-state index in [1.807, 2.05) is 18.1 Å². The van der Waals surface area contributed by atoms with Crippen LogP contribution in [0.5, 0.6) is 5.75 Å². The van der Waals surface area contributed by atoms with Crippen LogP contribution in [0.25, 0.3) is 0 Å². The van der Waals surface area contributed by atoms with Crippen molar-refractivity contribution in [3.05, 3.63) is 59.2 Å². The third-order valence-electron chi connectivity index (χ3n) is 5.89. The van der Waals surface area contributed by atoms with E-state index in [1.54, 1.807) is 12.0 Å². The van der Waals surface area contributed by atoms with Gasteiger partial charge in [-0.15, -0.1) is 0 Å². The van der Waals surface area contributed by atoms with Crippen molar-refractivity contribution in [2.45, 2.75) is 31.1 Å². The predicted molar refractivity (Wildman–Crippen MR) is 115 cm³/mol. The van der Waals surface area contributed by atoms with Crippen LogP contribution in [0.2, 0.25) is 0 Å².